The minimum atomic E-state index is -4.46. The predicted molar refractivity (Wildman–Crippen MR) is 304 cm³/mol. The molecule has 10 heteroatoms. The maximum absolute atomic E-state index is 13.5. The Kier molecular flexibility index (Phi) is 48.3. The number of carbonyl (C=O) groups excluding carboxylic acids is 2. The molecule has 0 aliphatic rings. The molecule has 0 saturated heterocycles. The fourth-order valence-corrected chi connectivity index (χ4v) is 8.31. The predicted octanol–water partition coefficient (Wildman–Crippen LogP) is 17.2. The van der Waals surface area contributed by atoms with E-state index in [1.807, 2.05) is 33.3 Å². The van der Waals surface area contributed by atoms with Gasteiger partial charge in [-0.1, -0.05) is 208 Å². The number of phosphoric acid groups is 1. The van der Waals surface area contributed by atoms with Crippen molar-refractivity contribution in [1.29, 1.82) is 0 Å². The van der Waals surface area contributed by atoms with Gasteiger partial charge in [0, 0.05) is 12.8 Å². The highest BCUT2D eigenvalue weighted by atomic mass is 31.2. The first kappa shape index (κ1) is 67.9. The maximum Gasteiger partial charge on any atom is 0.472 e. The number of carbonyl (C=O) groups is 2. The topological polar surface area (TPSA) is 111 Å². The summed E-state index contributed by atoms with van der Waals surface area (Å²) in [4.78, 5) is 37.5. The third kappa shape index (κ3) is 51.6. The van der Waals surface area contributed by atoms with Crippen LogP contribution in [0, 0.1) is 0 Å². The fourth-order valence-electron chi connectivity index (χ4n) is 7.57. The smallest absolute Gasteiger partial charge is 0.456 e. The summed E-state index contributed by atoms with van der Waals surface area (Å²) in [5, 5.41) is 3.02. The number of ether oxygens (including phenoxy) is 1. The van der Waals surface area contributed by atoms with Crippen LogP contribution >= 0.6 is 7.82 Å². The van der Waals surface area contributed by atoms with Crippen molar-refractivity contribution in [1.82, 2.24) is 5.32 Å². The zero-order chi connectivity index (χ0) is 52.2. The van der Waals surface area contributed by atoms with E-state index < -0.39 is 20.0 Å². The molecule has 1 amide bonds. The molecule has 0 rings (SSSR count). The van der Waals surface area contributed by atoms with Crippen molar-refractivity contribution in [3.8, 4) is 0 Å². The second-order valence-electron chi connectivity index (χ2n) is 20.1. The van der Waals surface area contributed by atoms with Crippen LogP contribution in [-0.2, 0) is 27.9 Å². The molecule has 0 heterocycles. The number of amides is 1. The van der Waals surface area contributed by atoms with E-state index in [9.17, 15) is 19.0 Å². The van der Waals surface area contributed by atoms with Gasteiger partial charge in [-0.2, -0.15) is 0 Å². The van der Waals surface area contributed by atoms with Crippen molar-refractivity contribution < 1.29 is 37.3 Å². The van der Waals surface area contributed by atoms with E-state index >= 15 is 0 Å². The van der Waals surface area contributed by atoms with Gasteiger partial charge < -0.3 is 19.4 Å². The van der Waals surface area contributed by atoms with Crippen LogP contribution in [0.3, 0.4) is 0 Å². The van der Waals surface area contributed by atoms with E-state index in [0.29, 0.717) is 23.9 Å². The highest BCUT2D eigenvalue weighted by molar-refractivity contribution is 7.47. The van der Waals surface area contributed by atoms with Gasteiger partial charge in [0.1, 0.15) is 19.3 Å². The Balaban J connectivity index is 5.28. The van der Waals surface area contributed by atoms with Crippen LogP contribution in [0.2, 0.25) is 0 Å². The van der Waals surface area contributed by atoms with Crippen molar-refractivity contribution >= 4 is 19.7 Å². The Bertz CT molecular complexity index is 1540. The molecular weight excluding hydrogens is 904 g/mol. The van der Waals surface area contributed by atoms with Crippen molar-refractivity contribution in [2.45, 2.75) is 238 Å². The number of phosphoric ester groups is 1. The zero-order valence-corrected chi connectivity index (χ0v) is 47.3. The SMILES string of the molecule is CC/C=C\C/C=C\C/C=C\C/C=C\C/C=C\C/C=C\CCCCCCC(=O)NC(COP(=O)(O)OCC[N+](C)(C)C)C(/C=C\CCCCCCCCCCC)OC(=O)CCCCCCC/C=C\CCCC. The summed E-state index contributed by atoms with van der Waals surface area (Å²) in [6.07, 6.45) is 66.9. The summed E-state index contributed by atoms with van der Waals surface area (Å²) >= 11 is 0. The molecule has 0 fully saturated rings. The molecule has 71 heavy (non-hydrogen) atoms. The molecule has 0 bridgehead atoms. The third-order valence-corrected chi connectivity index (χ3v) is 13.0. The first-order chi connectivity index (χ1) is 34.4. The highest BCUT2D eigenvalue weighted by Gasteiger charge is 2.30. The zero-order valence-electron chi connectivity index (χ0n) is 46.4. The highest BCUT2D eigenvalue weighted by Crippen LogP contribution is 2.43. The maximum atomic E-state index is 13.5. The fraction of sp³-hybridized carbons (Fsp3) is 0.705. The molecule has 0 aromatic heterocycles. The number of hydrogen-bond acceptors (Lipinski definition) is 6. The molecular formula is C61H108N2O7P+. The molecule has 0 aromatic rings. The summed E-state index contributed by atoms with van der Waals surface area (Å²) in [5.41, 5.74) is 0. The van der Waals surface area contributed by atoms with E-state index in [2.05, 4.69) is 111 Å². The molecule has 0 radical (unpaired) electrons. The van der Waals surface area contributed by atoms with Crippen LogP contribution in [-0.4, -0.2) is 74.3 Å². The van der Waals surface area contributed by atoms with Gasteiger partial charge in [0.2, 0.25) is 5.91 Å². The Morgan fingerprint density at radius 2 is 0.915 bits per heavy atom. The summed E-state index contributed by atoms with van der Waals surface area (Å²) in [6, 6.07) is -0.869. The number of rotatable bonds is 50. The monoisotopic (exact) mass is 1010 g/mol. The molecule has 0 spiro atoms. The molecule has 2 N–H and O–H groups in total. The molecule has 3 unspecified atom stereocenters. The lowest BCUT2D eigenvalue weighted by atomic mass is 10.1. The lowest BCUT2D eigenvalue weighted by Crippen LogP contribution is -2.47. The van der Waals surface area contributed by atoms with Gasteiger partial charge in [-0.15, -0.1) is 0 Å². The van der Waals surface area contributed by atoms with Crippen LogP contribution < -0.4 is 5.32 Å². The second-order valence-corrected chi connectivity index (χ2v) is 21.5. The molecule has 408 valence electrons. The van der Waals surface area contributed by atoms with E-state index in [0.717, 1.165) is 128 Å². The molecule has 9 nitrogen and oxygen atoms in total. The standard InChI is InChI=1S/C61H107N2O7P/c1-7-10-13-16-19-22-25-26-27-28-29-30-31-32-33-34-35-36-39-41-44-47-50-53-60(64)62-58(57-69-71(66,67)68-56-55-63(4,5)6)59(52-49-46-43-40-37-23-20-17-14-11-8-2)70-61(65)54-51-48-45-42-38-24-21-18-15-12-9-3/h10,13,18-19,21-22,26-27,29-30,32-33,35-36,49,52,58-59H,7-9,11-12,14-17,20,23-25,28,31,34,37-48,50-51,53-57H2,1-6H3,(H-,62,64,66,67)/p+1/b13-10-,21-18-,22-19-,27-26-,30-29-,33-32-,36-35-,52-49-. The van der Waals surface area contributed by atoms with Crippen LogP contribution in [0.25, 0.3) is 0 Å². The van der Waals surface area contributed by atoms with Crippen LogP contribution in [0.15, 0.2) is 97.2 Å². The lowest BCUT2D eigenvalue weighted by Gasteiger charge is -2.27. The van der Waals surface area contributed by atoms with Crippen molar-refractivity contribution in [3.05, 3.63) is 97.2 Å². The number of nitrogens with zero attached hydrogens (tertiary/aromatic N) is 1. The molecule has 0 aliphatic carbocycles. The third-order valence-electron chi connectivity index (χ3n) is 12.0. The summed E-state index contributed by atoms with van der Waals surface area (Å²) in [5.74, 6) is -0.554. The lowest BCUT2D eigenvalue weighted by molar-refractivity contribution is -0.870. The van der Waals surface area contributed by atoms with Gasteiger partial charge >= 0.3 is 13.8 Å². The Morgan fingerprint density at radius 1 is 0.507 bits per heavy atom. The van der Waals surface area contributed by atoms with Gasteiger partial charge in [-0.3, -0.25) is 18.6 Å². The number of likely N-dealkylation sites (N-methyl/N-ethyl adjacent to an activating group) is 1. The normalized spacial score (nSPS) is 14.5. The van der Waals surface area contributed by atoms with Gasteiger partial charge in [0.25, 0.3) is 0 Å². The average Bonchev–Trinajstić information content (AvgIpc) is 3.33. The van der Waals surface area contributed by atoms with Crippen LogP contribution in [0.5, 0.6) is 0 Å². The first-order valence-electron chi connectivity index (χ1n) is 28.6. The summed E-state index contributed by atoms with van der Waals surface area (Å²) in [6.45, 7) is 6.80. The van der Waals surface area contributed by atoms with E-state index in [4.69, 9.17) is 13.8 Å². The van der Waals surface area contributed by atoms with Crippen LogP contribution in [0.1, 0.15) is 226 Å². The number of unbranched alkanes of at least 4 members (excludes halogenated alkanes) is 20. The van der Waals surface area contributed by atoms with E-state index in [-0.39, 0.29) is 31.5 Å². The Hall–Kier alpha value is -3.07. The average molecular weight is 1010 g/mol. The largest absolute Gasteiger partial charge is 0.472 e. The number of allylic oxidation sites excluding steroid dienone is 15. The second kappa shape index (κ2) is 50.5. The molecule has 3 atom stereocenters. The molecule has 0 aromatic carbocycles. The Morgan fingerprint density at radius 3 is 1.41 bits per heavy atom. The minimum absolute atomic E-state index is 0.0289. The summed E-state index contributed by atoms with van der Waals surface area (Å²) < 4.78 is 30.5. The number of quaternary nitrogens is 1. The van der Waals surface area contributed by atoms with Crippen molar-refractivity contribution in [2.75, 3.05) is 40.9 Å². The van der Waals surface area contributed by atoms with E-state index in [1.165, 1.54) is 57.8 Å². The Labute approximate surface area is 437 Å². The quantitative estimate of drug-likeness (QED) is 0.0205. The van der Waals surface area contributed by atoms with Crippen molar-refractivity contribution in [3.63, 3.8) is 0 Å². The number of hydrogen-bond donors (Lipinski definition) is 2. The van der Waals surface area contributed by atoms with Gasteiger partial charge in [0.15, 0.2) is 0 Å². The summed E-state index contributed by atoms with van der Waals surface area (Å²) in [7, 11) is 1.46. The number of nitrogens with one attached hydrogen (secondary N) is 1. The van der Waals surface area contributed by atoms with Gasteiger partial charge in [-0.25, -0.2) is 4.57 Å². The van der Waals surface area contributed by atoms with Crippen LogP contribution in [0.4, 0.5) is 0 Å². The van der Waals surface area contributed by atoms with E-state index in [1.54, 1.807) is 0 Å². The van der Waals surface area contributed by atoms with Crippen molar-refractivity contribution in [2.24, 2.45) is 0 Å². The first-order valence-corrected chi connectivity index (χ1v) is 30.1. The van der Waals surface area contributed by atoms with Gasteiger partial charge in [0.05, 0.1) is 33.8 Å². The molecule has 0 saturated carbocycles. The molecule has 0 aliphatic heterocycles. The number of esters is 1. The van der Waals surface area contributed by atoms with Gasteiger partial charge in [-0.05, 0) is 102 Å². The minimum Gasteiger partial charge on any atom is -0.456 e.